The SMILES string of the molecule is COc1ccc(C(=O)NC2CCN(CC3CCCO3)CC2)o1. The number of hydrogen-bond acceptors (Lipinski definition) is 5. The van der Waals surface area contributed by atoms with Gasteiger partial charge in [0.05, 0.1) is 13.2 Å². The lowest BCUT2D eigenvalue weighted by molar-refractivity contribution is 0.0609. The molecule has 6 nitrogen and oxygen atoms in total. The predicted octanol–water partition coefficient (Wildman–Crippen LogP) is 1.66. The van der Waals surface area contributed by atoms with E-state index in [2.05, 4.69) is 10.2 Å². The summed E-state index contributed by atoms with van der Waals surface area (Å²) < 4.78 is 15.9. The predicted molar refractivity (Wildman–Crippen MR) is 81.2 cm³/mol. The van der Waals surface area contributed by atoms with E-state index in [0.29, 0.717) is 17.8 Å². The fourth-order valence-corrected chi connectivity index (χ4v) is 3.14. The van der Waals surface area contributed by atoms with Gasteiger partial charge >= 0.3 is 0 Å². The van der Waals surface area contributed by atoms with Crippen LogP contribution in [0.15, 0.2) is 16.5 Å². The van der Waals surface area contributed by atoms with Gasteiger partial charge in [0, 0.05) is 38.3 Å². The minimum absolute atomic E-state index is 0.166. The number of hydrogen-bond donors (Lipinski definition) is 1. The van der Waals surface area contributed by atoms with Crippen molar-refractivity contribution in [3.63, 3.8) is 0 Å². The molecule has 0 aliphatic carbocycles. The summed E-state index contributed by atoms with van der Waals surface area (Å²) in [5.74, 6) is 0.496. The number of piperidine rings is 1. The number of furan rings is 1. The van der Waals surface area contributed by atoms with Crippen LogP contribution in [0.2, 0.25) is 0 Å². The van der Waals surface area contributed by atoms with Gasteiger partial charge in [-0.1, -0.05) is 0 Å². The average molecular weight is 308 g/mol. The molecule has 22 heavy (non-hydrogen) atoms. The van der Waals surface area contributed by atoms with E-state index in [0.717, 1.165) is 39.1 Å². The van der Waals surface area contributed by atoms with Crippen LogP contribution >= 0.6 is 0 Å². The highest BCUT2D eigenvalue weighted by Crippen LogP contribution is 2.18. The zero-order chi connectivity index (χ0) is 15.4. The largest absolute Gasteiger partial charge is 0.468 e. The van der Waals surface area contributed by atoms with E-state index in [1.165, 1.54) is 20.0 Å². The van der Waals surface area contributed by atoms with Gasteiger partial charge in [0.1, 0.15) is 0 Å². The first kappa shape index (κ1) is 15.4. The van der Waals surface area contributed by atoms with Crippen LogP contribution in [-0.2, 0) is 4.74 Å². The number of amides is 1. The molecular weight excluding hydrogens is 284 g/mol. The Labute approximate surface area is 130 Å². The van der Waals surface area contributed by atoms with E-state index < -0.39 is 0 Å². The van der Waals surface area contributed by atoms with Crippen molar-refractivity contribution in [2.24, 2.45) is 0 Å². The number of nitrogens with one attached hydrogen (secondary N) is 1. The first-order valence-electron chi connectivity index (χ1n) is 8.03. The molecule has 2 saturated heterocycles. The summed E-state index contributed by atoms with van der Waals surface area (Å²) in [6.07, 6.45) is 4.70. The number of carbonyl (C=O) groups excluding carboxylic acids is 1. The monoisotopic (exact) mass is 308 g/mol. The molecule has 2 aliphatic heterocycles. The lowest BCUT2D eigenvalue weighted by Gasteiger charge is -2.33. The van der Waals surface area contributed by atoms with Gasteiger partial charge in [0.2, 0.25) is 0 Å². The standard InChI is InChI=1S/C16H24N2O4/c1-20-15-5-4-14(22-15)16(19)17-12-6-8-18(9-7-12)11-13-3-2-10-21-13/h4-5,12-13H,2-3,6-11H2,1H3,(H,17,19). The van der Waals surface area contributed by atoms with Gasteiger partial charge in [-0.25, -0.2) is 0 Å². The number of carbonyl (C=O) groups is 1. The van der Waals surface area contributed by atoms with Crippen LogP contribution in [0.5, 0.6) is 5.95 Å². The molecule has 3 rings (SSSR count). The highest BCUT2D eigenvalue weighted by atomic mass is 16.6. The highest BCUT2D eigenvalue weighted by molar-refractivity contribution is 5.91. The van der Waals surface area contributed by atoms with Crippen LogP contribution in [-0.4, -0.2) is 56.3 Å². The second kappa shape index (κ2) is 7.15. The Bertz CT molecular complexity index is 488. The van der Waals surface area contributed by atoms with Gasteiger partial charge in [-0.2, -0.15) is 0 Å². The number of likely N-dealkylation sites (tertiary alicyclic amines) is 1. The molecule has 6 heteroatoms. The lowest BCUT2D eigenvalue weighted by atomic mass is 10.0. The van der Waals surface area contributed by atoms with Crippen molar-refractivity contribution in [1.82, 2.24) is 10.2 Å². The minimum atomic E-state index is -0.166. The van der Waals surface area contributed by atoms with Gasteiger partial charge in [-0.05, 0) is 31.7 Å². The highest BCUT2D eigenvalue weighted by Gasteiger charge is 2.25. The summed E-state index contributed by atoms with van der Waals surface area (Å²) in [6.45, 7) is 3.94. The first-order chi connectivity index (χ1) is 10.7. The Morgan fingerprint density at radius 3 is 2.82 bits per heavy atom. The van der Waals surface area contributed by atoms with E-state index >= 15 is 0 Å². The molecule has 0 aromatic carbocycles. The Morgan fingerprint density at radius 1 is 1.36 bits per heavy atom. The molecule has 2 aliphatic rings. The van der Waals surface area contributed by atoms with Crippen molar-refractivity contribution in [2.45, 2.75) is 37.8 Å². The molecule has 1 aromatic rings. The zero-order valence-electron chi connectivity index (χ0n) is 13.0. The minimum Gasteiger partial charge on any atom is -0.468 e. The maximum absolute atomic E-state index is 12.1. The van der Waals surface area contributed by atoms with Gasteiger partial charge in [-0.15, -0.1) is 0 Å². The van der Waals surface area contributed by atoms with E-state index in [1.807, 2.05) is 0 Å². The molecule has 1 unspecified atom stereocenters. The molecule has 0 spiro atoms. The van der Waals surface area contributed by atoms with Crippen LogP contribution in [0.4, 0.5) is 0 Å². The Morgan fingerprint density at radius 2 is 2.18 bits per heavy atom. The normalized spacial score (nSPS) is 23.6. The van der Waals surface area contributed by atoms with Crippen molar-refractivity contribution in [3.8, 4) is 5.95 Å². The van der Waals surface area contributed by atoms with Crippen LogP contribution < -0.4 is 10.1 Å². The van der Waals surface area contributed by atoms with Crippen molar-refractivity contribution >= 4 is 5.91 Å². The van der Waals surface area contributed by atoms with Crippen molar-refractivity contribution in [2.75, 3.05) is 33.4 Å². The molecule has 1 amide bonds. The van der Waals surface area contributed by atoms with Crippen LogP contribution in [0, 0.1) is 0 Å². The Balaban J connectivity index is 1.42. The molecule has 0 bridgehead atoms. The third-order valence-electron chi connectivity index (χ3n) is 4.41. The molecule has 122 valence electrons. The second-order valence-corrected chi connectivity index (χ2v) is 6.01. The molecular formula is C16H24N2O4. The van der Waals surface area contributed by atoms with E-state index in [9.17, 15) is 4.79 Å². The van der Waals surface area contributed by atoms with Gasteiger partial charge < -0.3 is 24.1 Å². The third kappa shape index (κ3) is 3.81. The van der Waals surface area contributed by atoms with Crippen LogP contribution in [0.1, 0.15) is 36.2 Å². The van der Waals surface area contributed by atoms with Gasteiger partial charge in [0.15, 0.2) is 5.76 Å². The second-order valence-electron chi connectivity index (χ2n) is 6.01. The molecule has 0 radical (unpaired) electrons. The Hall–Kier alpha value is -1.53. The Kier molecular flexibility index (Phi) is 5.00. The zero-order valence-corrected chi connectivity index (χ0v) is 13.0. The van der Waals surface area contributed by atoms with E-state index in [4.69, 9.17) is 13.9 Å². The summed E-state index contributed by atoms with van der Waals surface area (Å²) in [5.41, 5.74) is 0. The number of nitrogens with zero attached hydrogens (tertiary/aromatic N) is 1. The summed E-state index contributed by atoms with van der Waals surface area (Å²) in [4.78, 5) is 14.5. The topological polar surface area (TPSA) is 63.9 Å². The smallest absolute Gasteiger partial charge is 0.287 e. The average Bonchev–Trinajstić information content (AvgIpc) is 3.20. The number of methoxy groups -OCH3 is 1. The molecule has 1 atom stereocenters. The molecule has 3 heterocycles. The number of ether oxygens (including phenoxy) is 2. The molecule has 2 fully saturated rings. The van der Waals surface area contributed by atoms with Crippen molar-refractivity contribution in [1.29, 1.82) is 0 Å². The summed E-state index contributed by atoms with van der Waals surface area (Å²) >= 11 is 0. The lowest BCUT2D eigenvalue weighted by Crippen LogP contribution is -2.46. The third-order valence-corrected chi connectivity index (χ3v) is 4.41. The first-order valence-corrected chi connectivity index (χ1v) is 8.03. The van der Waals surface area contributed by atoms with Crippen molar-refractivity contribution in [3.05, 3.63) is 17.9 Å². The summed E-state index contributed by atoms with van der Waals surface area (Å²) in [5, 5.41) is 3.04. The summed E-state index contributed by atoms with van der Waals surface area (Å²) in [7, 11) is 1.52. The van der Waals surface area contributed by atoms with E-state index in [-0.39, 0.29) is 11.9 Å². The maximum atomic E-state index is 12.1. The molecule has 0 saturated carbocycles. The van der Waals surface area contributed by atoms with Gasteiger partial charge in [-0.3, -0.25) is 4.79 Å². The summed E-state index contributed by atoms with van der Waals surface area (Å²) in [6, 6.07) is 3.50. The fraction of sp³-hybridized carbons (Fsp3) is 0.688. The maximum Gasteiger partial charge on any atom is 0.287 e. The van der Waals surface area contributed by atoms with Gasteiger partial charge in [0.25, 0.3) is 11.9 Å². The fourth-order valence-electron chi connectivity index (χ4n) is 3.14. The molecule has 1 N–H and O–H groups in total. The quantitative estimate of drug-likeness (QED) is 0.896. The van der Waals surface area contributed by atoms with Crippen molar-refractivity contribution < 1.29 is 18.7 Å². The number of rotatable bonds is 5. The van der Waals surface area contributed by atoms with Crippen LogP contribution in [0.3, 0.4) is 0 Å². The molecule has 1 aromatic heterocycles. The van der Waals surface area contributed by atoms with E-state index in [1.54, 1.807) is 12.1 Å². The van der Waals surface area contributed by atoms with Crippen LogP contribution in [0.25, 0.3) is 0 Å².